The van der Waals surface area contributed by atoms with Gasteiger partial charge in [0.2, 0.25) is 0 Å². The zero-order valence-electron chi connectivity index (χ0n) is 18.8. The molecule has 4 rings (SSSR count). The number of benzene rings is 2. The number of likely N-dealkylation sites (N-methyl/N-ethyl adjacent to an activating group) is 1. The number of aliphatic carboxylic acids is 1. The van der Waals surface area contributed by atoms with E-state index in [2.05, 4.69) is 39.9 Å². The molecule has 1 heterocycles. The quantitative estimate of drug-likeness (QED) is 0.525. The topological polar surface area (TPSA) is 127 Å². The molecule has 1 aliphatic rings. The van der Waals surface area contributed by atoms with E-state index in [-0.39, 0.29) is 31.3 Å². The number of hydrogen-bond acceptors (Lipinski definition) is 6. The number of alkyl carbamates (subject to hydrolysis) is 1. The predicted molar refractivity (Wildman–Crippen MR) is 122 cm³/mol. The lowest BCUT2D eigenvalue weighted by Crippen LogP contribution is -2.40. The van der Waals surface area contributed by atoms with Crippen LogP contribution in [0.5, 0.6) is 0 Å². The Bertz CT molecular complexity index is 1180. The maximum Gasteiger partial charge on any atom is 0.407 e. The fourth-order valence-corrected chi connectivity index (χ4v) is 3.95. The number of fused-ring (bicyclic) bond motifs is 3. The third kappa shape index (κ3) is 4.61. The van der Waals surface area contributed by atoms with Crippen molar-refractivity contribution in [2.24, 2.45) is 0 Å². The highest BCUT2D eigenvalue weighted by Gasteiger charge is 2.29. The summed E-state index contributed by atoms with van der Waals surface area (Å²) in [4.78, 5) is 36.7. The van der Waals surface area contributed by atoms with E-state index < -0.39 is 24.0 Å². The molecule has 0 fully saturated rings. The van der Waals surface area contributed by atoms with Gasteiger partial charge in [-0.05, 0) is 29.2 Å². The van der Waals surface area contributed by atoms with Gasteiger partial charge >= 0.3 is 12.1 Å². The average Bonchev–Trinajstić information content (AvgIpc) is 3.44. The highest BCUT2D eigenvalue weighted by molar-refractivity contribution is 5.94. The van der Waals surface area contributed by atoms with E-state index in [9.17, 15) is 14.4 Å². The summed E-state index contributed by atoms with van der Waals surface area (Å²) >= 11 is 0. The summed E-state index contributed by atoms with van der Waals surface area (Å²) in [6, 6.07) is 15.2. The van der Waals surface area contributed by atoms with Crippen molar-refractivity contribution in [1.82, 2.24) is 25.2 Å². The molecule has 0 radical (unpaired) electrons. The maximum absolute atomic E-state index is 12.3. The van der Waals surface area contributed by atoms with E-state index in [1.807, 2.05) is 24.3 Å². The lowest BCUT2D eigenvalue weighted by molar-refractivity contribution is -0.141. The zero-order valence-corrected chi connectivity index (χ0v) is 18.8. The summed E-state index contributed by atoms with van der Waals surface area (Å²) in [6.07, 6.45) is 0.862. The van der Waals surface area contributed by atoms with Crippen LogP contribution in [0, 0.1) is 0 Å². The normalized spacial score (nSPS) is 13.0. The summed E-state index contributed by atoms with van der Waals surface area (Å²) < 4.78 is 6.89. The van der Waals surface area contributed by atoms with Crippen LogP contribution < -0.4 is 5.32 Å². The van der Waals surface area contributed by atoms with Gasteiger partial charge in [-0.15, -0.1) is 5.10 Å². The minimum absolute atomic E-state index is 0.0211. The SMILES string of the molecule is CC(C(=O)O)N(C)C(=O)c1cn(CCNC(=O)OCC2c3ccccc3-c3ccccc32)nn1. The van der Waals surface area contributed by atoms with Crippen LogP contribution in [0.3, 0.4) is 0 Å². The van der Waals surface area contributed by atoms with E-state index in [0.717, 1.165) is 27.2 Å². The van der Waals surface area contributed by atoms with Gasteiger partial charge in [0.25, 0.3) is 5.91 Å². The Balaban J connectivity index is 1.28. The molecular weight excluding hydrogens is 438 g/mol. The number of ether oxygens (including phenoxy) is 1. The van der Waals surface area contributed by atoms with Crippen LogP contribution >= 0.6 is 0 Å². The molecule has 2 amide bonds. The highest BCUT2D eigenvalue weighted by Crippen LogP contribution is 2.44. The van der Waals surface area contributed by atoms with Crippen molar-refractivity contribution in [3.8, 4) is 11.1 Å². The number of hydrogen-bond donors (Lipinski definition) is 2. The van der Waals surface area contributed by atoms with Crippen molar-refractivity contribution < 1.29 is 24.2 Å². The molecule has 1 atom stereocenters. The molecule has 2 N–H and O–H groups in total. The molecule has 0 aliphatic heterocycles. The van der Waals surface area contributed by atoms with Crippen molar-refractivity contribution in [3.05, 3.63) is 71.5 Å². The molecular formula is C24H25N5O5. The van der Waals surface area contributed by atoms with Crippen molar-refractivity contribution in [2.75, 3.05) is 20.2 Å². The van der Waals surface area contributed by atoms with E-state index >= 15 is 0 Å². The summed E-state index contributed by atoms with van der Waals surface area (Å²) in [6.45, 7) is 2.11. The second-order valence-electron chi connectivity index (χ2n) is 8.05. The smallest absolute Gasteiger partial charge is 0.407 e. The van der Waals surface area contributed by atoms with Crippen molar-refractivity contribution in [2.45, 2.75) is 25.4 Å². The standard InChI is InChI=1S/C24H25N5O5/c1-15(23(31)32)28(2)22(30)21-13-29(27-26-21)12-11-25-24(33)34-14-20-18-9-5-3-7-16(18)17-8-4-6-10-19(17)20/h3-10,13,15,20H,11-12,14H2,1-2H3,(H,25,33)(H,31,32). The summed E-state index contributed by atoms with van der Waals surface area (Å²) in [5.74, 6) is -1.69. The Labute approximate surface area is 196 Å². The first-order valence-electron chi connectivity index (χ1n) is 10.9. The monoisotopic (exact) mass is 463 g/mol. The Morgan fingerprint density at radius 2 is 1.74 bits per heavy atom. The molecule has 10 heteroatoms. The minimum Gasteiger partial charge on any atom is -0.480 e. The number of nitrogens with zero attached hydrogens (tertiary/aromatic N) is 4. The van der Waals surface area contributed by atoms with Crippen LogP contribution in [0.15, 0.2) is 54.7 Å². The van der Waals surface area contributed by atoms with Gasteiger partial charge in [-0.3, -0.25) is 4.79 Å². The number of carbonyl (C=O) groups is 3. The van der Waals surface area contributed by atoms with Crippen LogP contribution in [0.2, 0.25) is 0 Å². The van der Waals surface area contributed by atoms with Gasteiger partial charge in [0.05, 0.1) is 12.7 Å². The fourth-order valence-electron chi connectivity index (χ4n) is 3.95. The Hall–Kier alpha value is -4.21. The first-order chi connectivity index (χ1) is 16.4. The molecule has 0 bridgehead atoms. The second-order valence-corrected chi connectivity index (χ2v) is 8.05. The number of carboxylic acids is 1. The number of aromatic nitrogens is 3. The lowest BCUT2D eigenvalue weighted by atomic mass is 9.98. The molecule has 0 saturated carbocycles. The van der Waals surface area contributed by atoms with E-state index in [1.54, 1.807) is 0 Å². The van der Waals surface area contributed by atoms with Crippen molar-refractivity contribution in [1.29, 1.82) is 0 Å². The third-order valence-electron chi connectivity index (χ3n) is 5.97. The van der Waals surface area contributed by atoms with Crippen LogP contribution in [0.4, 0.5) is 4.79 Å². The van der Waals surface area contributed by atoms with Crippen LogP contribution in [-0.2, 0) is 16.1 Å². The first-order valence-corrected chi connectivity index (χ1v) is 10.9. The molecule has 1 aromatic heterocycles. The Morgan fingerprint density at radius 1 is 1.12 bits per heavy atom. The van der Waals surface area contributed by atoms with Gasteiger partial charge in [-0.1, -0.05) is 53.7 Å². The van der Waals surface area contributed by atoms with Crippen LogP contribution in [0.1, 0.15) is 34.5 Å². The van der Waals surface area contributed by atoms with Crippen molar-refractivity contribution in [3.63, 3.8) is 0 Å². The molecule has 0 spiro atoms. The van der Waals surface area contributed by atoms with Gasteiger partial charge in [0.15, 0.2) is 5.69 Å². The summed E-state index contributed by atoms with van der Waals surface area (Å²) in [5.41, 5.74) is 4.62. The number of nitrogens with one attached hydrogen (secondary N) is 1. The van der Waals surface area contributed by atoms with Crippen LogP contribution in [0.25, 0.3) is 11.1 Å². The maximum atomic E-state index is 12.3. The zero-order chi connectivity index (χ0) is 24.2. The number of rotatable bonds is 8. The van der Waals surface area contributed by atoms with Gasteiger partial charge < -0.3 is 20.1 Å². The van der Waals surface area contributed by atoms with Gasteiger partial charge in [0.1, 0.15) is 12.6 Å². The van der Waals surface area contributed by atoms with Gasteiger partial charge in [0, 0.05) is 19.5 Å². The summed E-state index contributed by atoms with van der Waals surface area (Å²) in [7, 11) is 1.39. The summed E-state index contributed by atoms with van der Waals surface area (Å²) in [5, 5.41) is 19.4. The predicted octanol–water partition coefficient (Wildman–Crippen LogP) is 2.36. The van der Waals surface area contributed by atoms with E-state index in [1.165, 1.54) is 24.9 Å². The van der Waals surface area contributed by atoms with Crippen LogP contribution in [-0.4, -0.2) is 69.2 Å². The largest absolute Gasteiger partial charge is 0.480 e. The lowest BCUT2D eigenvalue weighted by Gasteiger charge is -2.19. The second kappa shape index (κ2) is 9.74. The molecule has 34 heavy (non-hydrogen) atoms. The fraction of sp³-hybridized carbons (Fsp3) is 0.292. The van der Waals surface area contributed by atoms with E-state index in [0.29, 0.717) is 0 Å². The molecule has 1 aliphatic carbocycles. The Kier molecular flexibility index (Phi) is 6.58. The van der Waals surface area contributed by atoms with Gasteiger partial charge in [-0.25, -0.2) is 14.3 Å². The average molecular weight is 463 g/mol. The minimum atomic E-state index is -1.12. The van der Waals surface area contributed by atoms with Gasteiger partial charge in [-0.2, -0.15) is 0 Å². The molecule has 10 nitrogen and oxygen atoms in total. The Morgan fingerprint density at radius 3 is 2.35 bits per heavy atom. The molecule has 0 saturated heterocycles. The molecule has 1 unspecified atom stereocenters. The highest BCUT2D eigenvalue weighted by atomic mass is 16.5. The molecule has 2 aromatic carbocycles. The number of carbonyl (C=O) groups excluding carboxylic acids is 2. The first kappa shape index (κ1) is 23.0. The number of amides is 2. The van der Waals surface area contributed by atoms with E-state index in [4.69, 9.17) is 9.84 Å². The number of carboxylic acid groups (broad SMARTS) is 1. The molecule has 176 valence electrons. The molecule has 3 aromatic rings. The third-order valence-corrected chi connectivity index (χ3v) is 5.97. The van der Waals surface area contributed by atoms with Crippen molar-refractivity contribution >= 4 is 18.0 Å².